The van der Waals surface area contributed by atoms with E-state index in [2.05, 4.69) is 95.7 Å². The third kappa shape index (κ3) is 38.7. The summed E-state index contributed by atoms with van der Waals surface area (Å²) in [6, 6.07) is -6.50. The van der Waals surface area contributed by atoms with Crippen molar-refractivity contribution in [2.45, 2.75) is 24.2 Å². The van der Waals surface area contributed by atoms with Crippen molar-refractivity contribution < 1.29 is 121 Å². The van der Waals surface area contributed by atoms with Crippen molar-refractivity contribution >= 4 is 118 Å². The monoisotopic (exact) mass is 1280 g/mol. The van der Waals surface area contributed by atoms with E-state index in [9.17, 15) is 111 Å². The van der Waals surface area contributed by atoms with Crippen LogP contribution in [0.15, 0.2) is 0 Å². The molecule has 0 aromatic carbocycles. The van der Waals surface area contributed by atoms with Crippen molar-refractivity contribution in [3.8, 4) is 0 Å². The van der Waals surface area contributed by atoms with Crippen LogP contribution in [-0.4, -0.2) is 299 Å². The van der Waals surface area contributed by atoms with E-state index in [1.807, 2.05) is 5.32 Å². The normalized spacial score (nSPS) is 11.5. The van der Waals surface area contributed by atoms with Gasteiger partial charge in [0.05, 0.1) is 131 Å². The number of carboxylic acid groups (broad SMARTS) is 1. The molecule has 0 saturated heterocycles. The number of carboxylic acids is 1. The molecule has 496 valence electrons. The van der Waals surface area contributed by atoms with Gasteiger partial charge in [0.25, 0.3) is 0 Å². The number of carbonyl (C=O) groups excluding carboxylic acids is 19. The van der Waals surface area contributed by atoms with Crippen LogP contribution in [0.25, 0.3) is 0 Å². The minimum atomic E-state index is -1.66. The average molecular weight is 1280 g/mol. The zero-order valence-corrected chi connectivity index (χ0v) is 46.9. The van der Waals surface area contributed by atoms with Crippen LogP contribution >= 0.6 is 0 Å². The molecule has 0 rings (SSSR count). The summed E-state index contributed by atoms with van der Waals surface area (Å²) in [4.78, 5) is 240. The van der Waals surface area contributed by atoms with Gasteiger partial charge in [0, 0.05) is 0 Å². The third-order valence-electron chi connectivity index (χ3n) is 10.1. The van der Waals surface area contributed by atoms with E-state index in [4.69, 9.17) is 15.9 Å². The second-order valence-electron chi connectivity index (χ2n) is 17.2. The van der Waals surface area contributed by atoms with Gasteiger partial charge in [-0.25, -0.2) is 4.79 Å². The second-order valence-corrected chi connectivity index (χ2v) is 17.2. The summed E-state index contributed by atoms with van der Waals surface area (Å²) < 4.78 is 0. The minimum absolute atomic E-state index is 0.362. The highest BCUT2D eigenvalue weighted by Crippen LogP contribution is 1.88. The fraction of sp³-hybridized carbons (Fsp3) is 0.545. The Morgan fingerprint density at radius 1 is 0.225 bits per heavy atom. The lowest BCUT2D eigenvalue weighted by Crippen LogP contribution is -2.53. The molecule has 0 bridgehead atoms. The lowest BCUT2D eigenvalue weighted by atomic mass is 10.3. The molecule has 4 atom stereocenters. The molecule has 0 aromatic heterocycles. The number of rotatable bonds is 43. The number of aliphatic hydroxyl groups is 4. The fourth-order valence-electron chi connectivity index (χ4n) is 5.53. The number of hydrogen-bond acceptors (Lipinski definition) is 25. The molecule has 0 unspecified atom stereocenters. The van der Waals surface area contributed by atoms with E-state index in [1.54, 1.807) is 0 Å². The number of carbonyl (C=O) groups is 20. The third-order valence-corrected chi connectivity index (χ3v) is 10.1. The van der Waals surface area contributed by atoms with Gasteiger partial charge in [0.1, 0.15) is 24.2 Å². The highest BCUT2D eigenvalue weighted by atomic mass is 16.4. The van der Waals surface area contributed by atoms with E-state index in [0.29, 0.717) is 0 Å². The second kappa shape index (κ2) is 44.6. The summed E-state index contributed by atoms with van der Waals surface area (Å²) in [5, 5.41) is 85.9. The SMILES string of the molecule is NCC(=O)NCC(=O)NCC(=O)NCC(=O)N[C@@H](CO)C(=O)NCC(=O)NCC(=O)NCC(=O)NCC(=O)N[C@@H](CO)C(=O)NCC(=O)NCC(=O)NCC(=O)NCC(=O)N[C@@H](CO)C(=O)NCC(=O)NCC(=O)NCC(=O)NCC(=O)N[C@@H](CO)C(=O)O. The standard InChI is InChI=1S/C44H70N20O25/c45-1-25(69)46-2-26(70)47-6-30(74)54-13-37(81)61-21(17-65)41(85)58-10-34(78)51-3-27(71)48-7-31(75)55-14-38(82)62-22(18-66)42(86)59-11-35(79)52-4-28(72)49-8-32(76)56-15-39(83)63-23(19-67)43(87)60-12-36(80)53-5-29(73)50-9-33(77)57-16-40(84)64-24(20-68)44(88)89/h21-24,65-68H,1-20,45H2,(H,46,69)(H,47,70)(H,48,71)(H,49,72)(H,50,73)(H,51,78)(H,52,79)(H,53,80)(H,54,74)(H,55,75)(H,56,76)(H,57,77)(H,58,85)(H,59,86)(H,60,87)(H,61,81)(H,62,82)(H,63,83)(H,64,84)(H,88,89)/t21-,22-,23-,24-/m0/s1. The van der Waals surface area contributed by atoms with Crippen molar-refractivity contribution in [3.05, 3.63) is 0 Å². The predicted octanol–water partition coefficient (Wildman–Crippen LogP) is -20.3. The van der Waals surface area contributed by atoms with Gasteiger partial charge in [-0.05, 0) is 0 Å². The zero-order valence-electron chi connectivity index (χ0n) is 46.9. The molecule has 0 fully saturated rings. The van der Waals surface area contributed by atoms with Gasteiger partial charge in [0.2, 0.25) is 112 Å². The largest absolute Gasteiger partial charge is 0.480 e. The Morgan fingerprint density at radius 3 is 0.528 bits per heavy atom. The smallest absolute Gasteiger partial charge is 0.328 e. The van der Waals surface area contributed by atoms with Gasteiger partial charge in [-0.15, -0.1) is 0 Å². The molecule has 45 nitrogen and oxygen atoms in total. The van der Waals surface area contributed by atoms with Crippen LogP contribution in [0.3, 0.4) is 0 Å². The summed E-state index contributed by atoms with van der Waals surface area (Å²) in [6.07, 6.45) is 0. The first-order valence-corrected chi connectivity index (χ1v) is 25.6. The molecular weight excluding hydrogens is 1210 g/mol. The van der Waals surface area contributed by atoms with E-state index < -0.39 is 267 Å². The number of hydrogen-bond donors (Lipinski definition) is 25. The Balaban J connectivity index is 4.43. The Bertz CT molecular complexity index is 2590. The molecule has 0 saturated carbocycles. The summed E-state index contributed by atoms with van der Waals surface area (Å²) in [7, 11) is 0. The van der Waals surface area contributed by atoms with Crippen LogP contribution in [0.4, 0.5) is 0 Å². The number of nitrogens with two attached hydrogens (primary N) is 1. The first-order valence-electron chi connectivity index (χ1n) is 25.6. The van der Waals surface area contributed by atoms with Gasteiger partial charge in [-0.2, -0.15) is 0 Å². The number of aliphatic hydroxyl groups excluding tert-OH is 4. The fourth-order valence-corrected chi connectivity index (χ4v) is 5.53. The lowest BCUT2D eigenvalue weighted by molar-refractivity contribution is -0.143. The van der Waals surface area contributed by atoms with Crippen molar-refractivity contribution in [3.63, 3.8) is 0 Å². The average Bonchev–Trinajstić information content (AvgIpc) is 3.61. The first kappa shape index (κ1) is 78.2. The van der Waals surface area contributed by atoms with Crippen LogP contribution in [0, 0.1) is 0 Å². The maximum Gasteiger partial charge on any atom is 0.328 e. The van der Waals surface area contributed by atoms with E-state index in [1.165, 1.54) is 0 Å². The van der Waals surface area contributed by atoms with E-state index in [-0.39, 0.29) is 6.54 Å². The van der Waals surface area contributed by atoms with Crippen molar-refractivity contribution in [2.75, 3.05) is 131 Å². The molecule has 0 radical (unpaired) electrons. The number of amides is 19. The summed E-state index contributed by atoms with van der Waals surface area (Å²) in [6.45, 7) is -14.8. The summed E-state index contributed by atoms with van der Waals surface area (Å²) >= 11 is 0. The highest BCUT2D eigenvalue weighted by molar-refractivity contribution is 5.98. The van der Waals surface area contributed by atoms with Crippen molar-refractivity contribution in [1.82, 2.24) is 101 Å². The Hall–Kier alpha value is -10.8. The van der Waals surface area contributed by atoms with E-state index in [0.717, 1.165) is 0 Å². The Kier molecular flexibility index (Phi) is 39.2. The molecule has 89 heavy (non-hydrogen) atoms. The molecule has 0 spiro atoms. The Morgan fingerprint density at radius 2 is 0.371 bits per heavy atom. The Labute approximate surface area is 500 Å². The molecule has 0 aromatic rings. The molecule has 19 amide bonds. The zero-order chi connectivity index (χ0) is 67.4. The molecule has 0 aliphatic rings. The molecule has 0 aliphatic carbocycles. The van der Waals surface area contributed by atoms with Gasteiger partial charge in [0.15, 0.2) is 0 Å². The van der Waals surface area contributed by atoms with Gasteiger partial charge >= 0.3 is 5.97 Å². The van der Waals surface area contributed by atoms with E-state index >= 15 is 0 Å². The highest BCUT2D eigenvalue weighted by Gasteiger charge is 2.25. The first-order chi connectivity index (χ1) is 42.0. The van der Waals surface area contributed by atoms with Gasteiger partial charge < -0.3 is 132 Å². The van der Waals surface area contributed by atoms with Crippen LogP contribution in [-0.2, 0) is 95.9 Å². The van der Waals surface area contributed by atoms with Crippen LogP contribution in [0.1, 0.15) is 0 Å². The minimum Gasteiger partial charge on any atom is -0.480 e. The maximum absolute atomic E-state index is 12.5. The van der Waals surface area contributed by atoms with Gasteiger partial charge in [-0.3, -0.25) is 91.1 Å². The number of nitrogens with one attached hydrogen (secondary N) is 19. The van der Waals surface area contributed by atoms with Crippen LogP contribution in [0.5, 0.6) is 0 Å². The topological polar surface area (TPSA) is 697 Å². The molecule has 26 N–H and O–H groups in total. The molecule has 0 heterocycles. The summed E-state index contributed by atoms with van der Waals surface area (Å²) in [5.74, 6) is -19.3. The number of aliphatic carboxylic acids is 1. The maximum atomic E-state index is 12.5. The predicted molar refractivity (Wildman–Crippen MR) is 288 cm³/mol. The lowest BCUT2D eigenvalue weighted by Gasteiger charge is -2.17. The molecule has 0 aliphatic heterocycles. The summed E-state index contributed by atoms with van der Waals surface area (Å²) in [5.41, 5.74) is 5.08. The molecule has 45 heteroatoms. The van der Waals surface area contributed by atoms with Crippen molar-refractivity contribution in [1.29, 1.82) is 0 Å². The molecular formula is C44H70N20O25. The van der Waals surface area contributed by atoms with Crippen molar-refractivity contribution in [2.24, 2.45) is 5.73 Å². The van der Waals surface area contributed by atoms with Gasteiger partial charge in [-0.1, -0.05) is 0 Å². The van der Waals surface area contributed by atoms with Crippen LogP contribution < -0.4 is 107 Å². The van der Waals surface area contributed by atoms with Crippen LogP contribution in [0.2, 0.25) is 0 Å². The quantitative estimate of drug-likeness (QED) is 0.0270.